The highest BCUT2D eigenvalue weighted by Crippen LogP contribution is 2.28. The van der Waals surface area contributed by atoms with Gasteiger partial charge in [0.1, 0.15) is 0 Å². The zero-order valence-electron chi connectivity index (χ0n) is 16.8. The Labute approximate surface area is 161 Å². The Morgan fingerprint density at radius 2 is 1.70 bits per heavy atom. The molecule has 1 atom stereocenters. The molecule has 0 spiro atoms. The maximum absolute atomic E-state index is 12.7. The smallest absolute Gasteiger partial charge is 0.229 e. The summed E-state index contributed by atoms with van der Waals surface area (Å²) in [7, 11) is 0. The fourth-order valence-electron chi connectivity index (χ4n) is 3.32. The van der Waals surface area contributed by atoms with Crippen LogP contribution in [-0.2, 0) is 15.0 Å². The molecular formula is C23H28N2O2. The van der Waals surface area contributed by atoms with Crippen LogP contribution in [0.1, 0.15) is 43.9 Å². The van der Waals surface area contributed by atoms with Crippen molar-refractivity contribution in [2.45, 2.75) is 46.5 Å². The Bertz CT molecular complexity index is 863. The van der Waals surface area contributed by atoms with Crippen LogP contribution in [0.3, 0.4) is 0 Å². The van der Waals surface area contributed by atoms with E-state index in [0.29, 0.717) is 6.54 Å². The van der Waals surface area contributed by atoms with Gasteiger partial charge in [0.05, 0.1) is 5.92 Å². The summed E-state index contributed by atoms with van der Waals surface area (Å²) >= 11 is 0. The van der Waals surface area contributed by atoms with Gasteiger partial charge in [0.25, 0.3) is 0 Å². The summed E-state index contributed by atoms with van der Waals surface area (Å²) in [6.07, 6.45) is 0.249. The zero-order chi connectivity index (χ0) is 19.8. The number of carbonyl (C=O) groups is 2. The summed E-state index contributed by atoms with van der Waals surface area (Å²) < 4.78 is 0. The van der Waals surface area contributed by atoms with Gasteiger partial charge in [0.2, 0.25) is 11.8 Å². The van der Waals surface area contributed by atoms with E-state index in [0.717, 1.165) is 16.9 Å². The van der Waals surface area contributed by atoms with Crippen LogP contribution in [0.4, 0.5) is 11.4 Å². The SMILES string of the molecule is Cc1ccc(N2CC(C(=O)Nc3ccc(C(C)(C)C)cc3)CC2=O)cc1C. The average Bonchev–Trinajstić information content (AvgIpc) is 2.99. The van der Waals surface area contributed by atoms with Gasteiger partial charge in [-0.25, -0.2) is 0 Å². The molecule has 1 N–H and O–H groups in total. The predicted octanol–water partition coefficient (Wildman–Crippen LogP) is 4.59. The Balaban J connectivity index is 1.67. The van der Waals surface area contributed by atoms with Crippen molar-refractivity contribution in [1.29, 1.82) is 0 Å². The van der Waals surface area contributed by atoms with Crippen molar-refractivity contribution >= 4 is 23.2 Å². The lowest BCUT2D eigenvalue weighted by Crippen LogP contribution is -2.28. The Hall–Kier alpha value is -2.62. The number of aryl methyl sites for hydroxylation is 2. The molecule has 0 radical (unpaired) electrons. The van der Waals surface area contributed by atoms with Gasteiger partial charge >= 0.3 is 0 Å². The lowest BCUT2D eigenvalue weighted by atomic mass is 9.87. The summed E-state index contributed by atoms with van der Waals surface area (Å²) in [6, 6.07) is 13.9. The second-order valence-corrected chi connectivity index (χ2v) is 8.49. The Morgan fingerprint density at radius 1 is 1.04 bits per heavy atom. The molecule has 1 heterocycles. The molecule has 27 heavy (non-hydrogen) atoms. The maximum atomic E-state index is 12.7. The van der Waals surface area contributed by atoms with Crippen molar-refractivity contribution in [3.63, 3.8) is 0 Å². The number of rotatable bonds is 3. The van der Waals surface area contributed by atoms with Gasteiger partial charge in [0, 0.05) is 24.3 Å². The third kappa shape index (κ3) is 4.21. The largest absolute Gasteiger partial charge is 0.326 e. The topological polar surface area (TPSA) is 49.4 Å². The third-order valence-electron chi connectivity index (χ3n) is 5.32. The van der Waals surface area contributed by atoms with Gasteiger partial charge < -0.3 is 10.2 Å². The van der Waals surface area contributed by atoms with Crippen LogP contribution in [0.25, 0.3) is 0 Å². The standard InChI is InChI=1S/C23H28N2O2/c1-15-6-11-20(12-16(15)2)25-14-17(13-21(25)26)22(27)24-19-9-7-18(8-10-19)23(3,4)5/h6-12,17H,13-14H2,1-5H3,(H,24,27). The number of amides is 2. The molecule has 1 aliphatic heterocycles. The van der Waals surface area contributed by atoms with Gasteiger partial charge in [-0.2, -0.15) is 0 Å². The number of nitrogens with one attached hydrogen (secondary N) is 1. The van der Waals surface area contributed by atoms with Crippen LogP contribution < -0.4 is 10.2 Å². The van der Waals surface area contributed by atoms with Crippen molar-refractivity contribution in [1.82, 2.24) is 0 Å². The monoisotopic (exact) mass is 364 g/mol. The van der Waals surface area contributed by atoms with Gasteiger partial charge in [-0.1, -0.05) is 39.0 Å². The van der Waals surface area contributed by atoms with Crippen LogP contribution in [0, 0.1) is 19.8 Å². The van der Waals surface area contributed by atoms with Crippen LogP contribution in [-0.4, -0.2) is 18.4 Å². The highest BCUT2D eigenvalue weighted by atomic mass is 16.2. The van der Waals surface area contributed by atoms with Crippen LogP contribution >= 0.6 is 0 Å². The van der Waals surface area contributed by atoms with Gasteiger partial charge in [-0.3, -0.25) is 9.59 Å². The molecule has 1 unspecified atom stereocenters. The van der Waals surface area contributed by atoms with Crippen molar-refractivity contribution in [2.75, 3.05) is 16.8 Å². The number of nitrogens with zero attached hydrogens (tertiary/aromatic N) is 1. The molecular weight excluding hydrogens is 336 g/mol. The predicted molar refractivity (Wildman–Crippen MR) is 110 cm³/mol. The van der Waals surface area contributed by atoms with E-state index in [1.165, 1.54) is 11.1 Å². The van der Waals surface area contributed by atoms with Crippen molar-refractivity contribution in [3.05, 3.63) is 59.2 Å². The molecule has 0 saturated carbocycles. The molecule has 1 fully saturated rings. The lowest BCUT2D eigenvalue weighted by Gasteiger charge is -2.20. The number of benzene rings is 2. The molecule has 2 aromatic rings. The summed E-state index contributed by atoms with van der Waals surface area (Å²) in [5, 5.41) is 2.96. The zero-order valence-corrected chi connectivity index (χ0v) is 16.8. The first-order valence-electron chi connectivity index (χ1n) is 9.44. The van der Waals surface area contributed by atoms with E-state index in [-0.39, 0.29) is 29.6 Å². The molecule has 0 bridgehead atoms. The lowest BCUT2D eigenvalue weighted by molar-refractivity contribution is -0.122. The van der Waals surface area contributed by atoms with E-state index >= 15 is 0 Å². The summed E-state index contributed by atoms with van der Waals surface area (Å²) in [6.45, 7) is 11.0. The molecule has 2 amide bonds. The van der Waals surface area contributed by atoms with Crippen molar-refractivity contribution < 1.29 is 9.59 Å². The fourth-order valence-corrected chi connectivity index (χ4v) is 3.32. The number of anilines is 2. The highest BCUT2D eigenvalue weighted by Gasteiger charge is 2.35. The second kappa shape index (κ2) is 7.18. The first-order valence-corrected chi connectivity index (χ1v) is 9.44. The van der Waals surface area contributed by atoms with Crippen molar-refractivity contribution in [3.8, 4) is 0 Å². The number of hydrogen-bond acceptors (Lipinski definition) is 2. The number of hydrogen-bond donors (Lipinski definition) is 1. The Kier molecular flexibility index (Phi) is 5.09. The minimum atomic E-state index is -0.332. The molecule has 0 aromatic heterocycles. The summed E-state index contributed by atoms with van der Waals surface area (Å²) in [4.78, 5) is 26.8. The quantitative estimate of drug-likeness (QED) is 0.866. The fraction of sp³-hybridized carbons (Fsp3) is 0.391. The van der Waals surface area contributed by atoms with E-state index in [1.54, 1.807) is 4.90 Å². The summed E-state index contributed by atoms with van der Waals surface area (Å²) in [5.74, 6) is -0.430. The molecule has 3 rings (SSSR count). The normalized spacial score (nSPS) is 17.3. The van der Waals surface area contributed by atoms with Crippen LogP contribution in [0.2, 0.25) is 0 Å². The Morgan fingerprint density at radius 3 is 2.30 bits per heavy atom. The van der Waals surface area contributed by atoms with E-state index in [2.05, 4.69) is 26.1 Å². The van der Waals surface area contributed by atoms with E-state index in [9.17, 15) is 9.59 Å². The third-order valence-corrected chi connectivity index (χ3v) is 5.32. The van der Waals surface area contributed by atoms with Gasteiger partial charge in [-0.05, 0) is 60.2 Å². The molecule has 2 aromatic carbocycles. The second-order valence-electron chi connectivity index (χ2n) is 8.49. The molecule has 4 heteroatoms. The summed E-state index contributed by atoms with van der Waals surface area (Å²) in [5.41, 5.74) is 5.27. The van der Waals surface area contributed by atoms with Crippen molar-refractivity contribution in [2.24, 2.45) is 5.92 Å². The minimum Gasteiger partial charge on any atom is -0.326 e. The highest BCUT2D eigenvalue weighted by molar-refractivity contribution is 6.03. The van der Waals surface area contributed by atoms with E-state index < -0.39 is 0 Å². The average molecular weight is 364 g/mol. The maximum Gasteiger partial charge on any atom is 0.229 e. The molecule has 1 saturated heterocycles. The first kappa shape index (κ1) is 19.2. The molecule has 0 aliphatic carbocycles. The van der Waals surface area contributed by atoms with Crippen LogP contribution in [0.5, 0.6) is 0 Å². The minimum absolute atomic E-state index is 0.00137. The van der Waals surface area contributed by atoms with Gasteiger partial charge in [-0.15, -0.1) is 0 Å². The molecule has 1 aliphatic rings. The number of carbonyl (C=O) groups excluding carboxylic acids is 2. The van der Waals surface area contributed by atoms with Crippen LogP contribution in [0.15, 0.2) is 42.5 Å². The van der Waals surface area contributed by atoms with E-state index in [4.69, 9.17) is 0 Å². The molecule has 142 valence electrons. The first-order chi connectivity index (χ1) is 12.6. The van der Waals surface area contributed by atoms with Gasteiger partial charge in [0.15, 0.2) is 0 Å². The molecule has 4 nitrogen and oxygen atoms in total. The van der Waals surface area contributed by atoms with E-state index in [1.807, 2.05) is 56.3 Å².